The van der Waals surface area contributed by atoms with Crippen molar-refractivity contribution in [1.29, 1.82) is 0 Å². The summed E-state index contributed by atoms with van der Waals surface area (Å²) in [4.78, 5) is 8.57. The molecule has 23 heavy (non-hydrogen) atoms. The number of aromatic nitrogens is 4. The molecule has 0 aliphatic rings. The van der Waals surface area contributed by atoms with Gasteiger partial charge in [0, 0.05) is 24.3 Å². The van der Waals surface area contributed by atoms with Crippen molar-refractivity contribution in [2.75, 3.05) is 10.6 Å². The number of halogens is 2. The first kappa shape index (κ1) is 15.8. The zero-order valence-corrected chi connectivity index (χ0v) is 14.6. The molecule has 8 heteroatoms. The molecule has 0 saturated carbocycles. The summed E-state index contributed by atoms with van der Waals surface area (Å²) in [6.45, 7) is 0.614. The Morgan fingerprint density at radius 3 is 2.91 bits per heavy atom. The van der Waals surface area contributed by atoms with E-state index >= 15 is 0 Å². The lowest BCUT2D eigenvalue weighted by molar-refractivity contribution is 0.768. The van der Waals surface area contributed by atoms with Gasteiger partial charge in [-0.1, -0.05) is 39.7 Å². The van der Waals surface area contributed by atoms with Crippen molar-refractivity contribution in [3.8, 4) is 0 Å². The molecule has 0 fully saturated rings. The van der Waals surface area contributed by atoms with E-state index in [0.717, 1.165) is 15.7 Å². The molecule has 0 aliphatic carbocycles. The first-order valence-electron chi connectivity index (χ1n) is 6.87. The van der Waals surface area contributed by atoms with Crippen LogP contribution >= 0.6 is 27.5 Å². The molecule has 0 radical (unpaired) electrons. The average molecular weight is 394 g/mol. The van der Waals surface area contributed by atoms with E-state index in [-0.39, 0.29) is 0 Å². The van der Waals surface area contributed by atoms with E-state index in [1.54, 1.807) is 17.1 Å². The van der Waals surface area contributed by atoms with E-state index in [0.29, 0.717) is 23.3 Å². The number of aryl methyl sites for hydroxylation is 1. The molecular formula is C15H14BrClN6. The quantitative estimate of drug-likeness (QED) is 0.686. The van der Waals surface area contributed by atoms with Gasteiger partial charge in [-0.15, -0.1) is 0 Å². The second-order valence-corrected chi connectivity index (χ2v) is 6.22. The molecule has 2 aromatic heterocycles. The molecule has 0 aliphatic heterocycles. The number of rotatable bonds is 5. The molecule has 3 rings (SSSR count). The molecule has 0 bridgehead atoms. The van der Waals surface area contributed by atoms with Crippen molar-refractivity contribution in [1.82, 2.24) is 19.7 Å². The van der Waals surface area contributed by atoms with Crippen LogP contribution in [0.3, 0.4) is 0 Å². The van der Waals surface area contributed by atoms with Crippen LogP contribution in [0.25, 0.3) is 0 Å². The van der Waals surface area contributed by atoms with Gasteiger partial charge in [-0.05, 0) is 17.7 Å². The Bertz CT molecular complexity index is 819. The van der Waals surface area contributed by atoms with Crippen LogP contribution in [0.2, 0.25) is 5.02 Å². The van der Waals surface area contributed by atoms with Gasteiger partial charge in [0.2, 0.25) is 5.95 Å². The van der Waals surface area contributed by atoms with Crippen molar-refractivity contribution < 1.29 is 0 Å². The third kappa shape index (κ3) is 4.20. The standard InChI is InChI=1S/C15H14BrClN6/c1-23-9-12(7-20-23)21-15-19-8-13(17)14(22-15)18-6-10-3-2-4-11(16)5-10/h2-5,7-9H,6H2,1H3,(H2,18,19,21,22). The predicted molar refractivity (Wildman–Crippen MR) is 95.0 cm³/mol. The highest BCUT2D eigenvalue weighted by Gasteiger charge is 2.07. The normalized spacial score (nSPS) is 10.6. The monoisotopic (exact) mass is 392 g/mol. The molecular weight excluding hydrogens is 380 g/mol. The van der Waals surface area contributed by atoms with Crippen molar-refractivity contribution in [3.05, 3.63) is 57.9 Å². The summed E-state index contributed by atoms with van der Waals surface area (Å²) in [6, 6.07) is 8.04. The zero-order chi connectivity index (χ0) is 16.2. The van der Waals surface area contributed by atoms with Crippen LogP contribution < -0.4 is 10.6 Å². The second kappa shape index (κ2) is 6.97. The van der Waals surface area contributed by atoms with E-state index in [4.69, 9.17) is 11.6 Å². The van der Waals surface area contributed by atoms with Crippen LogP contribution in [0.1, 0.15) is 5.56 Å². The number of nitrogens with zero attached hydrogens (tertiary/aromatic N) is 4. The van der Waals surface area contributed by atoms with Crippen LogP contribution in [0.4, 0.5) is 17.5 Å². The highest BCUT2D eigenvalue weighted by Crippen LogP contribution is 2.22. The minimum Gasteiger partial charge on any atom is -0.365 e. The highest BCUT2D eigenvalue weighted by molar-refractivity contribution is 9.10. The lowest BCUT2D eigenvalue weighted by Gasteiger charge is -2.09. The molecule has 118 valence electrons. The maximum Gasteiger partial charge on any atom is 0.229 e. The van der Waals surface area contributed by atoms with E-state index in [2.05, 4.69) is 41.6 Å². The molecule has 0 unspecified atom stereocenters. The minimum atomic E-state index is 0.458. The maximum atomic E-state index is 6.16. The number of hydrogen-bond acceptors (Lipinski definition) is 5. The van der Waals surface area contributed by atoms with E-state index < -0.39 is 0 Å². The van der Waals surface area contributed by atoms with Crippen LogP contribution in [-0.2, 0) is 13.6 Å². The van der Waals surface area contributed by atoms with Crippen molar-refractivity contribution in [2.45, 2.75) is 6.54 Å². The molecule has 0 amide bonds. The molecule has 2 heterocycles. The van der Waals surface area contributed by atoms with Crippen LogP contribution in [0.15, 0.2) is 47.3 Å². The summed E-state index contributed by atoms with van der Waals surface area (Å²) in [7, 11) is 1.85. The highest BCUT2D eigenvalue weighted by atomic mass is 79.9. The fraction of sp³-hybridized carbons (Fsp3) is 0.133. The van der Waals surface area contributed by atoms with E-state index in [1.165, 1.54) is 0 Å². The van der Waals surface area contributed by atoms with Gasteiger partial charge < -0.3 is 10.6 Å². The largest absolute Gasteiger partial charge is 0.365 e. The SMILES string of the molecule is Cn1cc(Nc2ncc(Cl)c(NCc3cccc(Br)c3)n2)cn1. The summed E-state index contributed by atoms with van der Waals surface area (Å²) in [5.74, 6) is 1.03. The fourth-order valence-corrected chi connectivity index (χ4v) is 2.60. The Morgan fingerprint density at radius 1 is 1.30 bits per heavy atom. The predicted octanol–water partition coefficient (Wildman–Crippen LogP) is 3.98. The molecule has 0 spiro atoms. The van der Waals surface area contributed by atoms with Gasteiger partial charge in [-0.2, -0.15) is 10.1 Å². The van der Waals surface area contributed by atoms with Gasteiger partial charge in [-0.3, -0.25) is 4.68 Å². The molecule has 0 atom stereocenters. The summed E-state index contributed by atoms with van der Waals surface area (Å²) >= 11 is 9.62. The van der Waals surface area contributed by atoms with Gasteiger partial charge in [-0.25, -0.2) is 4.98 Å². The third-order valence-electron chi connectivity index (χ3n) is 3.05. The Morgan fingerprint density at radius 2 is 2.17 bits per heavy atom. The van der Waals surface area contributed by atoms with Gasteiger partial charge >= 0.3 is 0 Å². The van der Waals surface area contributed by atoms with Crippen LogP contribution in [0, 0.1) is 0 Å². The minimum absolute atomic E-state index is 0.458. The van der Waals surface area contributed by atoms with Crippen molar-refractivity contribution in [3.63, 3.8) is 0 Å². The Kier molecular flexibility index (Phi) is 4.78. The van der Waals surface area contributed by atoms with E-state index in [1.807, 2.05) is 37.5 Å². The fourth-order valence-electron chi connectivity index (χ4n) is 2.00. The van der Waals surface area contributed by atoms with Gasteiger partial charge in [0.1, 0.15) is 5.02 Å². The Hall–Kier alpha value is -2.12. The summed E-state index contributed by atoms with van der Waals surface area (Å²) in [5, 5.41) is 10.9. The number of hydrogen-bond donors (Lipinski definition) is 2. The molecule has 2 N–H and O–H groups in total. The van der Waals surface area contributed by atoms with Gasteiger partial charge in [0.15, 0.2) is 5.82 Å². The average Bonchev–Trinajstić information content (AvgIpc) is 2.93. The Balaban J connectivity index is 1.72. The van der Waals surface area contributed by atoms with E-state index in [9.17, 15) is 0 Å². The third-order valence-corrected chi connectivity index (χ3v) is 3.82. The van der Waals surface area contributed by atoms with Gasteiger partial charge in [0.25, 0.3) is 0 Å². The Labute approximate surface area is 147 Å². The topological polar surface area (TPSA) is 67.7 Å². The molecule has 6 nitrogen and oxygen atoms in total. The van der Waals surface area contributed by atoms with Crippen LogP contribution in [0.5, 0.6) is 0 Å². The maximum absolute atomic E-state index is 6.16. The molecule has 3 aromatic rings. The first-order chi connectivity index (χ1) is 11.1. The summed E-state index contributed by atoms with van der Waals surface area (Å²) < 4.78 is 2.73. The van der Waals surface area contributed by atoms with Crippen LogP contribution in [-0.4, -0.2) is 19.7 Å². The number of benzene rings is 1. The molecule has 1 aromatic carbocycles. The molecule has 0 saturated heterocycles. The van der Waals surface area contributed by atoms with Crippen molar-refractivity contribution >= 4 is 45.0 Å². The first-order valence-corrected chi connectivity index (χ1v) is 8.04. The van der Waals surface area contributed by atoms with Gasteiger partial charge in [0.05, 0.1) is 18.1 Å². The zero-order valence-electron chi connectivity index (χ0n) is 12.3. The lowest BCUT2D eigenvalue weighted by atomic mass is 10.2. The second-order valence-electron chi connectivity index (χ2n) is 4.90. The number of anilines is 3. The summed E-state index contributed by atoms with van der Waals surface area (Å²) in [6.07, 6.45) is 5.11. The number of nitrogens with one attached hydrogen (secondary N) is 2. The smallest absolute Gasteiger partial charge is 0.229 e. The summed E-state index contributed by atoms with van der Waals surface area (Å²) in [5.41, 5.74) is 1.93. The lowest BCUT2D eigenvalue weighted by Crippen LogP contribution is -2.05. The van der Waals surface area contributed by atoms with Crippen molar-refractivity contribution in [2.24, 2.45) is 7.05 Å².